The Bertz CT molecular complexity index is 121. The number of esters is 1. The van der Waals surface area contributed by atoms with Gasteiger partial charge < -0.3 is 9.47 Å². The second-order valence-corrected chi connectivity index (χ2v) is 3.19. The molecule has 0 aliphatic rings. The summed E-state index contributed by atoms with van der Waals surface area (Å²) in [5.74, 6) is 0.396. The molecule has 0 bridgehead atoms. The maximum absolute atomic E-state index is 10.7. The van der Waals surface area contributed by atoms with E-state index in [9.17, 15) is 4.79 Å². The Kier molecular flexibility index (Phi) is 6.76. The van der Waals surface area contributed by atoms with Gasteiger partial charge in [0, 0.05) is 7.11 Å². The standard InChI is InChI=1S/C9H18O3/c1-8(2)5-4-6-12-9(10)7-11-3/h8H,4-7H2,1-3H3. The molecule has 3 nitrogen and oxygen atoms in total. The van der Waals surface area contributed by atoms with E-state index < -0.39 is 0 Å². The van der Waals surface area contributed by atoms with E-state index in [1.165, 1.54) is 7.11 Å². The van der Waals surface area contributed by atoms with Crippen molar-refractivity contribution in [2.45, 2.75) is 26.7 Å². The summed E-state index contributed by atoms with van der Waals surface area (Å²) in [6.07, 6.45) is 2.04. The molecule has 72 valence electrons. The number of hydrogen-bond donors (Lipinski definition) is 0. The molecule has 0 aliphatic heterocycles. The fourth-order valence-corrected chi connectivity index (χ4v) is 0.837. The van der Waals surface area contributed by atoms with Crippen LogP contribution in [0.1, 0.15) is 26.7 Å². The van der Waals surface area contributed by atoms with Crippen LogP contribution in [-0.2, 0) is 14.3 Å². The molecule has 0 radical (unpaired) electrons. The predicted octanol–water partition coefficient (Wildman–Crippen LogP) is 1.61. The number of carbonyl (C=O) groups excluding carboxylic acids is 1. The van der Waals surface area contributed by atoms with E-state index in [2.05, 4.69) is 18.6 Å². The summed E-state index contributed by atoms with van der Waals surface area (Å²) < 4.78 is 9.48. The molecule has 0 saturated heterocycles. The monoisotopic (exact) mass is 174 g/mol. The lowest BCUT2D eigenvalue weighted by Crippen LogP contribution is -2.12. The van der Waals surface area contributed by atoms with Crippen LogP contribution in [0.3, 0.4) is 0 Å². The summed E-state index contributed by atoms with van der Waals surface area (Å²) >= 11 is 0. The quantitative estimate of drug-likeness (QED) is 0.453. The van der Waals surface area contributed by atoms with Crippen molar-refractivity contribution >= 4 is 5.97 Å². The summed E-state index contributed by atoms with van der Waals surface area (Å²) in [5, 5.41) is 0. The van der Waals surface area contributed by atoms with Gasteiger partial charge in [-0.3, -0.25) is 0 Å². The highest BCUT2D eigenvalue weighted by Gasteiger charge is 2.00. The molecule has 0 amide bonds. The lowest BCUT2D eigenvalue weighted by atomic mass is 10.1. The number of methoxy groups -OCH3 is 1. The van der Waals surface area contributed by atoms with Gasteiger partial charge in [0.15, 0.2) is 0 Å². The first-order valence-electron chi connectivity index (χ1n) is 4.31. The third-order valence-electron chi connectivity index (χ3n) is 1.45. The van der Waals surface area contributed by atoms with Crippen molar-refractivity contribution < 1.29 is 14.3 Å². The van der Waals surface area contributed by atoms with E-state index in [1.807, 2.05) is 0 Å². The number of carbonyl (C=O) groups is 1. The summed E-state index contributed by atoms with van der Waals surface area (Å²) in [4.78, 5) is 10.7. The minimum absolute atomic E-state index is 0.0572. The molecule has 0 aromatic heterocycles. The molecule has 0 aliphatic carbocycles. The van der Waals surface area contributed by atoms with Gasteiger partial charge in [-0.05, 0) is 18.8 Å². The van der Waals surface area contributed by atoms with Crippen LogP contribution < -0.4 is 0 Å². The van der Waals surface area contributed by atoms with Crippen LogP contribution >= 0.6 is 0 Å². The topological polar surface area (TPSA) is 35.5 Å². The first kappa shape index (κ1) is 11.4. The summed E-state index contributed by atoms with van der Waals surface area (Å²) in [7, 11) is 1.48. The second-order valence-electron chi connectivity index (χ2n) is 3.19. The molecule has 0 atom stereocenters. The van der Waals surface area contributed by atoms with E-state index in [-0.39, 0.29) is 12.6 Å². The molecule has 0 N–H and O–H groups in total. The highest BCUT2D eigenvalue weighted by atomic mass is 16.6. The maximum atomic E-state index is 10.7. The van der Waals surface area contributed by atoms with E-state index >= 15 is 0 Å². The maximum Gasteiger partial charge on any atom is 0.332 e. The molecule has 0 heterocycles. The van der Waals surface area contributed by atoms with E-state index in [0.717, 1.165) is 12.8 Å². The lowest BCUT2D eigenvalue weighted by molar-refractivity contribution is -0.148. The number of hydrogen-bond acceptors (Lipinski definition) is 3. The van der Waals surface area contributed by atoms with Crippen LogP contribution in [0.5, 0.6) is 0 Å². The number of rotatable bonds is 6. The van der Waals surface area contributed by atoms with Crippen LogP contribution in [0.2, 0.25) is 0 Å². The Morgan fingerprint density at radius 3 is 2.58 bits per heavy atom. The van der Waals surface area contributed by atoms with Gasteiger partial charge in [0.2, 0.25) is 0 Å². The van der Waals surface area contributed by atoms with Gasteiger partial charge in [-0.2, -0.15) is 0 Å². The van der Waals surface area contributed by atoms with Crippen LogP contribution in [0.15, 0.2) is 0 Å². The molecule has 0 fully saturated rings. The van der Waals surface area contributed by atoms with Gasteiger partial charge in [0.05, 0.1) is 6.61 Å². The molecule has 0 aromatic rings. The van der Waals surface area contributed by atoms with Crippen LogP contribution in [-0.4, -0.2) is 26.3 Å². The molecule has 0 spiro atoms. The van der Waals surface area contributed by atoms with Crippen molar-refractivity contribution in [2.24, 2.45) is 5.92 Å². The Morgan fingerprint density at radius 2 is 2.08 bits per heavy atom. The summed E-state index contributed by atoms with van der Waals surface area (Å²) in [6.45, 7) is 4.87. The Balaban J connectivity index is 3.14. The zero-order chi connectivity index (χ0) is 9.40. The summed E-state index contributed by atoms with van der Waals surface area (Å²) in [5.41, 5.74) is 0. The number of ether oxygens (including phenoxy) is 2. The van der Waals surface area contributed by atoms with Gasteiger partial charge >= 0.3 is 5.97 Å². The largest absolute Gasteiger partial charge is 0.464 e. The SMILES string of the molecule is COCC(=O)OCCCC(C)C. The molecule has 12 heavy (non-hydrogen) atoms. The van der Waals surface area contributed by atoms with Crippen molar-refractivity contribution in [3.8, 4) is 0 Å². The minimum Gasteiger partial charge on any atom is -0.464 e. The molecule has 0 unspecified atom stereocenters. The third-order valence-corrected chi connectivity index (χ3v) is 1.45. The predicted molar refractivity (Wildman–Crippen MR) is 46.9 cm³/mol. The normalized spacial score (nSPS) is 10.3. The minimum atomic E-state index is -0.277. The van der Waals surface area contributed by atoms with Gasteiger partial charge in [0.1, 0.15) is 6.61 Å². The zero-order valence-electron chi connectivity index (χ0n) is 8.13. The Hall–Kier alpha value is -0.570. The third kappa shape index (κ3) is 7.54. The van der Waals surface area contributed by atoms with Crippen LogP contribution in [0.25, 0.3) is 0 Å². The van der Waals surface area contributed by atoms with Crippen molar-refractivity contribution in [3.63, 3.8) is 0 Å². The molecule has 0 saturated carbocycles. The smallest absolute Gasteiger partial charge is 0.332 e. The Labute approximate surface area is 74.0 Å². The van der Waals surface area contributed by atoms with Gasteiger partial charge in [-0.1, -0.05) is 13.8 Å². The van der Waals surface area contributed by atoms with E-state index in [4.69, 9.17) is 4.74 Å². The van der Waals surface area contributed by atoms with E-state index in [1.54, 1.807) is 0 Å². The fourth-order valence-electron chi connectivity index (χ4n) is 0.837. The van der Waals surface area contributed by atoms with Crippen LogP contribution in [0, 0.1) is 5.92 Å². The molecule has 3 heteroatoms. The van der Waals surface area contributed by atoms with E-state index in [0.29, 0.717) is 12.5 Å². The van der Waals surface area contributed by atoms with Crippen molar-refractivity contribution in [1.82, 2.24) is 0 Å². The van der Waals surface area contributed by atoms with Crippen molar-refractivity contribution in [2.75, 3.05) is 20.3 Å². The summed E-state index contributed by atoms with van der Waals surface area (Å²) in [6, 6.07) is 0. The molecular weight excluding hydrogens is 156 g/mol. The van der Waals surface area contributed by atoms with Crippen LogP contribution in [0.4, 0.5) is 0 Å². The van der Waals surface area contributed by atoms with Gasteiger partial charge in [-0.15, -0.1) is 0 Å². The lowest BCUT2D eigenvalue weighted by Gasteiger charge is -2.05. The molecule has 0 rings (SSSR count). The molecule has 0 aromatic carbocycles. The molecular formula is C9H18O3. The zero-order valence-corrected chi connectivity index (χ0v) is 8.13. The first-order valence-corrected chi connectivity index (χ1v) is 4.31. The van der Waals surface area contributed by atoms with Gasteiger partial charge in [0.25, 0.3) is 0 Å². The first-order chi connectivity index (χ1) is 5.66. The van der Waals surface area contributed by atoms with Gasteiger partial charge in [-0.25, -0.2) is 4.79 Å². The average Bonchev–Trinajstić information content (AvgIpc) is 1.98. The average molecular weight is 174 g/mol. The second kappa shape index (κ2) is 7.10. The van der Waals surface area contributed by atoms with Crippen molar-refractivity contribution in [1.29, 1.82) is 0 Å². The highest BCUT2D eigenvalue weighted by molar-refractivity contribution is 5.70. The Morgan fingerprint density at radius 1 is 1.42 bits per heavy atom. The van der Waals surface area contributed by atoms with Crippen molar-refractivity contribution in [3.05, 3.63) is 0 Å². The fraction of sp³-hybridized carbons (Fsp3) is 0.889. The highest BCUT2D eigenvalue weighted by Crippen LogP contribution is 2.02.